The number of carbonyl (C=O) groups excluding carboxylic acids is 2. The molecule has 0 bridgehead atoms. The number of amides is 2. The molecule has 8 heteroatoms. The minimum absolute atomic E-state index is 0.134. The summed E-state index contributed by atoms with van der Waals surface area (Å²) in [6.45, 7) is 0. The van der Waals surface area contributed by atoms with Crippen molar-refractivity contribution in [1.29, 1.82) is 0 Å². The molecule has 3 aromatic rings. The SMILES string of the molecule is COc1cccc([C@@H]2[C@@H]3C(=O)N(c4ccc(F)cc4)C(=O)[C@@H]3ON2c2ccccc2)c1O. The van der Waals surface area contributed by atoms with Crippen molar-refractivity contribution >= 4 is 23.2 Å². The van der Waals surface area contributed by atoms with Gasteiger partial charge in [-0.25, -0.2) is 14.4 Å². The number of ether oxygens (including phenoxy) is 1. The van der Waals surface area contributed by atoms with Crippen LogP contribution in [-0.2, 0) is 14.4 Å². The lowest BCUT2D eigenvalue weighted by Crippen LogP contribution is -2.37. The number of fused-ring (bicyclic) bond motifs is 1. The number of benzene rings is 3. The van der Waals surface area contributed by atoms with E-state index in [-0.39, 0.29) is 17.2 Å². The van der Waals surface area contributed by atoms with Crippen LogP contribution in [-0.4, -0.2) is 30.1 Å². The standard InChI is InChI=1S/C24H19FN2O5/c1-31-18-9-5-8-17(21(18)28)20-19-22(32-27(20)16-6-3-2-4-7-16)24(30)26(23(19)29)15-12-10-14(25)11-13-15/h2-13,19-20,22,28H,1H3/t19-,20+,22+/m0/s1. The number of hydrogen-bond acceptors (Lipinski definition) is 6. The second-order valence-electron chi connectivity index (χ2n) is 7.54. The van der Waals surface area contributed by atoms with Gasteiger partial charge < -0.3 is 9.84 Å². The van der Waals surface area contributed by atoms with Crippen LogP contribution in [0.25, 0.3) is 0 Å². The van der Waals surface area contributed by atoms with Gasteiger partial charge in [-0.1, -0.05) is 30.3 Å². The van der Waals surface area contributed by atoms with E-state index in [1.165, 1.54) is 36.4 Å². The van der Waals surface area contributed by atoms with Gasteiger partial charge in [0.1, 0.15) is 17.8 Å². The zero-order chi connectivity index (χ0) is 22.4. The van der Waals surface area contributed by atoms with E-state index in [0.717, 1.165) is 4.90 Å². The van der Waals surface area contributed by atoms with Crippen molar-refractivity contribution in [2.75, 3.05) is 17.1 Å². The van der Waals surface area contributed by atoms with Gasteiger partial charge in [0.05, 0.1) is 18.5 Å². The molecule has 32 heavy (non-hydrogen) atoms. The molecule has 3 atom stereocenters. The van der Waals surface area contributed by atoms with E-state index in [2.05, 4.69) is 0 Å². The maximum Gasteiger partial charge on any atom is 0.266 e. The summed E-state index contributed by atoms with van der Waals surface area (Å²) >= 11 is 0. The highest BCUT2D eigenvalue weighted by Crippen LogP contribution is 2.50. The van der Waals surface area contributed by atoms with Gasteiger partial charge in [-0.05, 0) is 42.5 Å². The van der Waals surface area contributed by atoms with E-state index in [0.29, 0.717) is 11.3 Å². The van der Waals surface area contributed by atoms with Gasteiger partial charge in [-0.15, -0.1) is 0 Å². The van der Waals surface area contributed by atoms with Crippen LogP contribution in [0.4, 0.5) is 15.8 Å². The number of nitrogens with zero attached hydrogens (tertiary/aromatic N) is 2. The highest BCUT2D eigenvalue weighted by atomic mass is 19.1. The number of phenols is 1. The molecule has 2 fully saturated rings. The number of imide groups is 1. The van der Waals surface area contributed by atoms with Crippen molar-refractivity contribution in [2.24, 2.45) is 5.92 Å². The summed E-state index contributed by atoms with van der Waals surface area (Å²) in [5.74, 6) is -2.32. The van der Waals surface area contributed by atoms with E-state index >= 15 is 0 Å². The van der Waals surface area contributed by atoms with Gasteiger partial charge >= 0.3 is 0 Å². The van der Waals surface area contributed by atoms with Crippen LogP contribution in [0.5, 0.6) is 11.5 Å². The number of anilines is 2. The van der Waals surface area contributed by atoms with Crippen molar-refractivity contribution < 1.29 is 28.7 Å². The first-order valence-electron chi connectivity index (χ1n) is 10.0. The molecule has 162 valence electrons. The summed E-state index contributed by atoms with van der Waals surface area (Å²) < 4.78 is 18.6. The maximum absolute atomic E-state index is 13.5. The van der Waals surface area contributed by atoms with Crippen LogP contribution >= 0.6 is 0 Å². The van der Waals surface area contributed by atoms with E-state index in [1.54, 1.807) is 30.3 Å². The minimum atomic E-state index is -1.09. The Morgan fingerprint density at radius 3 is 2.31 bits per heavy atom. The number of methoxy groups -OCH3 is 1. The lowest BCUT2D eigenvalue weighted by Gasteiger charge is -2.29. The van der Waals surface area contributed by atoms with Gasteiger partial charge in [0.25, 0.3) is 5.91 Å². The number of rotatable bonds is 4. The van der Waals surface area contributed by atoms with Crippen LogP contribution in [0, 0.1) is 11.7 Å². The molecule has 0 spiro atoms. The van der Waals surface area contributed by atoms with E-state index in [4.69, 9.17) is 9.57 Å². The predicted molar refractivity (Wildman–Crippen MR) is 114 cm³/mol. The largest absolute Gasteiger partial charge is 0.504 e. The van der Waals surface area contributed by atoms with Crippen molar-refractivity contribution in [3.8, 4) is 11.5 Å². The molecule has 2 saturated heterocycles. The molecule has 0 saturated carbocycles. The number of carbonyl (C=O) groups is 2. The number of halogens is 1. The summed E-state index contributed by atoms with van der Waals surface area (Å²) in [4.78, 5) is 33.8. The zero-order valence-corrected chi connectivity index (χ0v) is 17.0. The average molecular weight is 434 g/mol. The smallest absolute Gasteiger partial charge is 0.266 e. The molecule has 3 aromatic carbocycles. The molecule has 2 heterocycles. The van der Waals surface area contributed by atoms with Crippen molar-refractivity contribution in [3.05, 3.63) is 84.2 Å². The number of para-hydroxylation sites is 2. The number of aromatic hydroxyl groups is 1. The second kappa shape index (κ2) is 7.65. The molecule has 0 unspecified atom stereocenters. The van der Waals surface area contributed by atoms with E-state index < -0.39 is 35.7 Å². The Labute approximate surface area is 183 Å². The molecule has 7 nitrogen and oxygen atoms in total. The quantitative estimate of drug-likeness (QED) is 0.633. The Balaban J connectivity index is 1.62. The van der Waals surface area contributed by atoms with Crippen molar-refractivity contribution in [3.63, 3.8) is 0 Å². The number of hydroxylamine groups is 1. The molecule has 2 aliphatic heterocycles. The highest BCUT2D eigenvalue weighted by molar-refractivity contribution is 6.23. The maximum atomic E-state index is 13.5. The Kier molecular flexibility index (Phi) is 4.79. The first-order valence-corrected chi connectivity index (χ1v) is 10.0. The fraction of sp³-hybridized carbons (Fsp3) is 0.167. The highest BCUT2D eigenvalue weighted by Gasteiger charge is 2.60. The summed E-state index contributed by atoms with van der Waals surface area (Å²) in [6.07, 6.45) is -1.09. The molecule has 5 rings (SSSR count). The predicted octanol–water partition coefficient (Wildman–Crippen LogP) is 3.59. The normalized spacial score (nSPS) is 22.4. The molecular weight excluding hydrogens is 415 g/mol. The van der Waals surface area contributed by atoms with Crippen molar-refractivity contribution in [2.45, 2.75) is 12.1 Å². The minimum Gasteiger partial charge on any atom is -0.504 e. The zero-order valence-electron chi connectivity index (χ0n) is 17.0. The molecule has 0 radical (unpaired) electrons. The monoisotopic (exact) mass is 434 g/mol. The fourth-order valence-electron chi connectivity index (χ4n) is 4.32. The number of hydrogen-bond donors (Lipinski definition) is 1. The first kappa shape index (κ1) is 20.0. The van der Waals surface area contributed by atoms with Gasteiger partial charge in [0.2, 0.25) is 5.91 Å². The number of phenolic OH excluding ortho intramolecular Hbond substituents is 1. The molecule has 1 N–H and O–H groups in total. The summed E-state index contributed by atoms with van der Waals surface area (Å²) in [5, 5.41) is 12.3. The van der Waals surface area contributed by atoms with Gasteiger partial charge in [-0.2, -0.15) is 0 Å². The Hall–Kier alpha value is -3.91. The van der Waals surface area contributed by atoms with Crippen molar-refractivity contribution in [1.82, 2.24) is 0 Å². The fourth-order valence-corrected chi connectivity index (χ4v) is 4.32. The van der Waals surface area contributed by atoms with Crippen LogP contribution in [0.2, 0.25) is 0 Å². The van der Waals surface area contributed by atoms with E-state index in [9.17, 15) is 19.1 Å². The Bertz CT molecular complexity index is 1180. The topological polar surface area (TPSA) is 79.3 Å². The Morgan fingerprint density at radius 2 is 1.62 bits per heavy atom. The van der Waals surface area contributed by atoms with E-state index in [1.807, 2.05) is 18.2 Å². The summed E-state index contributed by atoms with van der Waals surface area (Å²) in [7, 11) is 1.43. The molecule has 2 amide bonds. The van der Waals surface area contributed by atoms with Gasteiger partial charge in [0.15, 0.2) is 17.6 Å². The average Bonchev–Trinajstić information content (AvgIpc) is 3.31. The third-order valence-corrected chi connectivity index (χ3v) is 5.78. The lowest BCUT2D eigenvalue weighted by molar-refractivity contribution is -0.126. The lowest BCUT2D eigenvalue weighted by atomic mass is 9.90. The van der Waals surface area contributed by atoms with Gasteiger partial charge in [0, 0.05) is 5.56 Å². The molecule has 0 aliphatic carbocycles. The van der Waals surface area contributed by atoms with Crippen LogP contribution in [0.1, 0.15) is 11.6 Å². The van der Waals surface area contributed by atoms with Crippen LogP contribution < -0.4 is 14.7 Å². The van der Waals surface area contributed by atoms with Gasteiger partial charge in [-0.3, -0.25) is 14.4 Å². The van der Waals surface area contributed by atoms with Crippen LogP contribution in [0.3, 0.4) is 0 Å². The summed E-state index contributed by atoms with van der Waals surface area (Å²) in [6, 6.07) is 18.3. The third-order valence-electron chi connectivity index (χ3n) is 5.78. The van der Waals surface area contributed by atoms with Crippen LogP contribution in [0.15, 0.2) is 72.8 Å². The summed E-state index contributed by atoms with van der Waals surface area (Å²) in [5.41, 5.74) is 1.28. The third kappa shape index (κ3) is 2.99. The first-order chi connectivity index (χ1) is 15.5. The Morgan fingerprint density at radius 1 is 0.906 bits per heavy atom. The molecule has 0 aromatic heterocycles. The molecular formula is C24H19FN2O5. The molecule has 2 aliphatic rings. The second-order valence-corrected chi connectivity index (χ2v) is 7.54.